The zero-order chi connectivity index (χ0) is 9.52. The molecule has 2 heteroatoms. The minimum Gasteiger partial charge on any atom is -0.314 e. The molecule has 0 spiro atoms. The van der Waals surface area contributed by atoms with Crippen LogP contribution in [-0.2, 0) is 0 Å². The van der Waals surface area contributed by atoms with Crippen LogP contribution in [0.4, 0.5) is 0 Å². The lowest BCUT2D eigenvalue weighted by atomic mass is 9.88. The lowest BCUT2D eigenvalue weighted by Crippen LogP contribution is -2.43. The average Bonchev–Trinajstić information content (AvgIpc) is 2.07. The summed E-state index contributed by atoms with van der Waals surface area (Å²) in [4.78, 5) is 0. The van der Waals surface area contributed by atoms with Crippen LogP contribution in [0.2, 0.25) is 0 Å². The van der Waals surface area contributed by atoms with Gasteiger partial charge in [0.15, 0.2) is 0 Å². The Kier molecular flexibility index (Phi) is 5.98. The van der Waals surface area contributed by atoms with E-state index in [1.54, 1.807) is 0 Å². The number of hydrogen-bond donors (Lipinski definition) is 1. The topological polar surface area (TPSA) is 12.0 Å². The van der Waals surface area contributed by atoms with E-state index in [-0.39, 0.29) is 0 Å². The standard InChI is InChI=1S/C11H24NP/c1-2-4-10(5-3-8-13)9-11-6-7-12-11/h10-12H,2-9,13H2,1H3. The van der Waals surface area contributed by atoms with Crippen molar-refractivity contribution >= 4 is 9.24 Å². The van der Waals surface area contributed by atoms with Crippen LogP contribution in [0.1, 0.15) is 45.4 Å². The van der Waals surface area contributed by atoms with Gasteiger partial charge in [0.2, 0.25) is 0 Å². The van der Waals surface area contributed by atoms with Gasteiger partial charge in [-0.2, -0.15) is 0 Å². The third kappa shape index (κ3) is 4.42. The molecule has 1 aliphatic heterocycles. The van der Waals surface area contributed by atoms with Crippen LogP contribution in [-0.4, -0.2) is 18.7 Å². The largest absolute Gasteiger partial charge is 0.314 e. The fourth-order valence-electron chi connectivity index (χ4n) is 2.15. The number of hydrogen-bond acceptors (Lipinski definition) is 1. The van der Waals surface area contributed by atoms with E-state index in [1.165, 1.54) is 51.2 Å². The molecule has 0 aromatic heterocycles. The Bertz CT molecular complexity index is 123. The molecule has 1 fully saturated rings. The number of nitrogens with one attached hydrogen (secondary N) is 1. The Balaban J connectivity index is 2.11. The van der Waals surface area contributed by atoms with Gasteiger partial charge in [-0.05, 0) is 37.9 Å². The molecule has 0 saturated carbocycles. The molecular formula is C11H24NP. The van der Waals surface area contributed by atoms with E-state index >= 15 is 0 Å². The van der Waals surface area contributed by atoms with Gasteiger partial charge in [0.1, 0.15) is 0 Å². The van der Waals surface area contributed by atoms with Crippen molar-refractivity contribution in [2.75, 3.05) is 12.7 Å². The fourth-order valence-corrected chi connectivity index (χ4v) is 2.38. The third-order valence-electron chi connectivity index (χ3n) is 3.06. The van der Waals surface area contributed by atoms with E-state index in [0.29, 0.717) is 0 Å². The van der Waals surface area contributed by atoms with Crippen LogP contribution in [0, 0.1) is 5.92 Å². The van der Waals surface area contributed by atoms with Crippen molar-refractivity contribution in [3.63, 3.8) is 0 Å². The predicted octanol–water partition coefficient (Wildman–Crippen LogP) is 2.81. The van der Waals surface area contributed by atoms with E-state index in [0.717, 1.165) is 12.0 Å². The Hall–Kier alpha value is 0.390. The van der Waals surface area contributed by atoms with Gasteiger partial charge in [0.25, 0.3) is 0 Å². The lowest BCUT2D eigenvalue weighted by molar-refractivity contribution is 0.277. The molecule has 1 aliphatic rings. The first-order valence-electron chi connectivity index (χ1n) is 5.80. The van der Waals surface area contributed by atoms with Gasteiger partial charge in [0, 0.05) is 6.04 Å². The van der Waals surface area contributed by atoms with Crippen LogP contribution < -0.4 is 5.32 Å². The zero-order valence-electron chi connectivity index (χ0n) is 8.89. The maximum absolute atomic E-state index is 3.51. The summed E-state index contributed by atoms with van der Waals surface area (Å²) in [5.74, 6) is 0.989. The molecule has 0 aromatic rings. The second kappa shape index (κ2) is 6.79. The van der Waals surface area contributed by atoms with Crippen LogP contribution in [0.5, 0.6) is 0 Å². The second-order valence-corrected chi connectivity index (χ2v) is 4.84. The maximum atomic E-state index is 3.51. The van der Waals surface area contributed by atoms with Gasteiger partial charge in [-0.25, -0.2) is 0 Å². The van der Waals surface area contributed by atoms with Crippen molar-refractivity contribution in [2.45, 2.75) is 51.5 Å². The van der Waals surface area contributed by atoms with Crippen molar-refractivity contribution in [3.05, 3.63) is 0 Å². The van der Waals surface area contributed by atoms with Gasteiger partial charge in [-0.3, -0.25) is 0 Å². The molecule has 0 bridgehead atoms. The SMILES string of the molecule is CCCC(CCCP)CC1CCN1. The van der Waals surface area contributed by atoms with E-state index in [9.17, 15) is 0 Å². The summed E-state index contributed by atoms with van der Waals surface area (Å²) in [6, 6.07) is 0.862. The van der Waals surface area contributed by atoms with E-state index in [2.05, 4.69) is 21.5 Å². The monoisotopic (exact) mass is 201 g/mol. The molecule has 1 saturated heterocycles. The summed E-state index contributed by atoms with van der Waals surface area (Å²) in [6.45, 7) is 3.56. The Morgan fingerprint density at radius 2 is 2.23 bits per heavy atom. The molecule has 3 atom stereocenters. The van der Waals surface area contributed by atoms with Gasteiger partial charge < -0.3 is 5.32 Å². The normalized spacial score (nSPS) is 24.0. The van der Waals surface area contributed by atoms with Crippen LogP contribution in [0.25, 0.3) is 0 Å². The molecule has 1 heterocycles. The van der Waals surface area contributed by atoms with Crippen molar-refractivity contribution in [1.82, 2.24) is 5.32 Å². The van der Waals surface area contributed by atoms with Gasteiger partial charge >= 0.3 is 0 Å². The first kappa shape index (κ1) is 11.5. The molecule has 1 nitrogen and oxygen atoms in total. The van der Waals surface area contributed by atoms with Gasteiger partial charge in [-0.15, -0.1) is 9.24 Å². The summed E-state index contributed by atoms with van der Waals surface area (Å²) in [5, 5.41) is 3.51. The Morgan fingerprint density at radius 1 is 1.46 bits per heavy atom. The maximum Gasteiger partial charge on any atom is 0.00817 e. The molecule has 3 unspecified atom stereocenters. The Morgan fingerprint density at radius 3 is 2.69 bits per heavy atom. The minimum atomic E-state index is 0.862. The molecular weight excluding hydrogens is 177 g/mol. The Labute approximate surface area is 85.3 Å². The van der Waals surface area contributed by atoms with Crippen molar-refractivity contribution in [1.29, 1.82) is 0 Å². The smallest absolute Gasteiger partial charge is 0.00817 e. The summed E-state index contributed by atoms with van der Waals surface area (Å²) in [5.41, 5.74) is 0. The molecule has 78 valence electrons. The zero-order valence-corrected chi connectivity index (χ0v) is 10.0. The third-order valence-corrected chi connectivity index (χ3v) is 3.47. The highest BCUT2D eigenvalue weighted by atomic mass is 31.0. The highest BCUT2D eigenvalue weighted by Gasteiger charge is 2.20. The van der Waals surface area contributed by atoms with E-state index in [4.69, 9.17) is 0 Å². The molecule has 0 radical (unpaired) electrons. The van der Waals surface area contributed by atoms with Crippen LogP contribution >= 0.6 is 9.24 Å². The van der Waals surface area contributed by atoms with Gasteiger partial charge in [0.05, 0.1) is 0 Å². The molecule has 0 aliphatic carbocycles. The van der Waals surface area contributed by atoms with Crippen molar-refractivity contribution in [2.24, 2.45) is 5.92 Å². The highest BCUT2D eigenvalue weighted by Crippen LogP contribution is 2.23. The highest BCUT2D eigenvalue weighted by molar-refractivity contribution is 7.16. The number of rotatable bonds is 7. The fraction of sp³-hybridized carbons (Fsp3) is 1.00. The summed E-state index contributed by atoms with van der Waals surface area (Å²) in [7, 11) is 2.84. The first-order chi connectivity index (χ1) is 6.36. The lowest BCUT2D eigenvalue weighted by Gasteiger charge is -2.31. The van der Waals surface area contributed by atoms with Crippen molar-refractivity contribution < 1.29 is 0 Å². The average molecular weight is 201 g/mol. The summed E-state index contributed by atoms with van der Waals surface area (Å²) in [6.07, 6.45) is 9.74. The predicted molar refractivity (Wildman–Crippen MR) is 63.2 cm³/mol. The molecule has 0 amide bonds. The first-order valence-corrected chi connectivity index (χ1v) is 6.62. The van der Waals surface area contributed by atoms with Crippen molar-refractivity contribution in [3.8, 4) is 0 Å². The quantitative estimate of drug-likeness (QED) is 0.624. The molecule has 13 heavy (non-hydrogen) atoms. The van der Waals surface area contributed by atoms with Gasteiger partial charge in [-0.1, -0.05) is 26.2 Å². The summed E-state index contributed by atoms with van der Waals surface area (Å²) >= 11 is 0. The molecule has 1 N–H and O–H groups in total. The van der Waals surface area contributed by atoms with E-state index < -0.39 is 0 Å². The van der Waals surface area contributed by atoms with E-state index in [1.807, 2.05) is 0 Å². The second-order valence-electron chi connectivity index (χ2n) is 4.26. The molecule has 0 aromatic carbocycles. The summed E-state index contributed by atoms with van der Waals surface area (Å²) < 4.78 is 0. The van der Waals surface area contributed by atoms with Crippen LogP contribution in [0.3, 0.4) is 0 Å². The van der Waals surface area contributed by atoms with Crippen LogP contribution in [0.15, 0.2) is 0 Å². The minimum absolute atomic E-state index is 0.862. The molecule has 1 rings (SSSR count).